The molecule has 90 valence electrons. The van der Waals surface area contributed by atoms with Gasteiger partial charge in [0.2, 0.25) is 0 Å². The van der Waals surface area contributed by atoms with Crippen molar-refractivity contribution in [3.8, 4) is 0 Å². The van der Waals surface area contributed by atoms with Crippen molar-refractivity contribution >= 4 is 10.9 Å². The van der Waals surface area contributed by atoms with Gasteiger partial charge < -0.3 is 9.88 Å². The number of piperazine rings is 1. The van der Waals surface area contributed by atoms with Gasteiger partial charge in [-0.05, 0) is 23.1 Å². The number of hydrogen-bond donors (Lipinski definition) is 1. The van der Waals surface area contributed by atoms with Gasteiger partial charge >= 0.3 is 0 Å². The van der Waals surface area contributed by atoms with Crippen LogP contribution in [0.2, 0.25) is 0 Å². The zero-order valence-electron chi connectivity index (χ0n) is 10.3. The van der Waals surface area contributed by atoms with E-state index in [2.05, 4.69) is 52.3 Å². The van der Waals surface area contributed by atoms with E-state index in [1.807, 2.05) is 0 Å². The minimum Gasteiger partial charge on any atom is -0.351 e. The number of aromatic nitrogens is 1. The third-order valence-corrected chi connectivity index (χ3v) is 3.57. The van der Waals surface area contributed by atoms with Crippen molar-refractivity contribution in [1.82, 2.24) is 14.8 Å². The Labute approximate surface area is 102 Å². The molecule has 1 fully saturated rings. The summed E-state index contributed by atoms with van der Waals surface area (Å²) in [6, 6.07) is 8.97. The molecule has 0 bridgehead atoms. The SMILES string of the molecule is Cn1ccc2ccc(CN3CCNCC3)cc21. The van der Waals surface area contributed by atoms with Gasteiger partial charge in [-0.25, -0.2) is 0 Å². The lowest BCUT2D eigenvalue weighted by Gasteiger charge is -2.27. The lowest BCUT2D eigenvalue weighted by molar-refractivity contribution is 0.233. The van der Waals surface area contributed by atoms with Gasteiger partial charge in [0.25, 0.3) is 0 Å². The van der Waals surface area contributed by atoms with E-state index >= 15 is 0 Å². The van der Waals surface area contributed by atoms with E-state index in [0.717, 1.165) is 32.7 Å². The highest BCUT2D eigenvalue weighted by Crippen LogP contribution is 2.17. The monoisotopic (exact) mass is 229 g/mol. The van der Waals surface area contributed by atoms with Crippen LogP contribution in [-0.4, -0.2) is 35.6 Å². The van der Waals surface area contributed by atoms with Crippen LogP contribution < -0.4 is 5.32 Å². The van der Waals surface area contributed by atoms with Crippen LogP contribution in [0.5, 0.6) is 0 Å². The molecule has 1 N–H and O–H groups in total. The van der Waals surface area contributed by atoms with E-state index in [1.165, 1.54) is 16.5 Å². The van der Waals surface area contributed by atoms with E-state index in [-0.39, 0.29) is 0 Å². The largest absolute Gasteiger partial charge is 0.351 e. The number of nitrogens with zero attached hydrogens (tertiary/aromatic N) is 2. The second-order valence-electron chi connectivity index (χ2n) is 4.85. The van der Waals surface area contributed by atoms with Gasteiger partial charge in [0.15, 0.2) is 0 Å². The molecule has 2 heterocycles. The van der Waals surface area contributed by atoms with Gasteiger partial charge in [0.1, 0.15) is 0 Å². The van der Waals surface area contributed by atoms with E-state index in [4.69, 9.17) is 0 Å². The molecule has 0 spiro atoms. The molecule has 3 heteroatoms. The van der Waals surface area contributed by atoms with Crippen molar-refractivity contribution in [2.24, 2.45) is 7.05 Å². The summed E-state index contributed by atoms with van der Waals surface area (Å²) in [5.41, 5.74) is 2.75. The van der Waals surface area contributed by atoms with E-state index in [0.29, 0.717) is 0 Å². The number of nitrogens with one attached hydrogen (secondary N) is 1. The second-order valence-corrected chi connectivity index (χ2v) is 4.85. The van der Waals surface area contributed by atoms with Crippen molar-refractivity contribution < 1.29 is 0 Å². The summed E-state index contributed by atoms with van der Waals surface area (Å²) in [7, 11) is 2.11. The zero-order chi connectivity index (χ0) is 11.7. The molecule has 1 aliphatic heterocycles. The molecule has 3 nitrogen and oxygen atoms in total. The molecule has 1 aromatic carbocycles. The molecule has 0 atom stereocenters. The highest BCUT2D eigenvalue weighted by molar-refractivity contribution is 5.80. The maximum absolute atomic E-state index is 3.39. The quantitative estimate of drug-likeness (QED) is 0.844. The van der Waals surface area contributed by atoms with Gasteiger partial charge in [-0.3, -0.25) is 4.90 Å². The molecule has 17 heavy (non-hydrogen) atoms. The lowest BCUT2D eigenvalue weighted by Crippen LogP contribution is -2.42. The third-order valence-electron chi connectivity index (χ3n) is 3.57. The molecule has 1 aromatic heterocycles. The molecular formula is C14H19N3. The summed E-state index contributed by atoms with van der Waals surface area (Å²) in [4.78, 5) is 2.51. The van der Waals surface area contributed by atoms with E-state index in [9.17, 15) is 0 Å². The summed E-state index contributed by atoms with van der Waals surface area (Å²) in [6.45, 7) is 5.62. The van der Waals surface area contributed by atoms with Crippen LogP contribution in [0.3, 0.4) is 0 Å². The van der Waals surface area contributed by atoms with Crippen LogP contribution in [0.15, 0.2) is 30.5 Å². The van der Waals surface area contributed by atoms with Gasteiger partial charge in [0, 0.05) is 51.5 Å². The summed E-state index contributed by atoms with van der Waals surface area (Å²) in [6.07, 6.45) is 2.12. The molecule has 1 aliphatic rings. The number of aryl methyl sites for hydroxylation is 1. The van der Waals surface area contributed by atoms with Crippen molar-refractivity contribution in [3.05, 3.63) is 36.0 Å². The van der Waals surface area contributed by atoms with Crippen LogP contribution in [0.25, 0.3) is 10.9 Å². The molecule has 0 radical (unpaired) electrons. The first-order valence-corrected chi connectivity index (χ1v) is 6.30. The number of rotatable bonds is 2. The average molecular weight is 229 g/mol. The normalized spacial score (nSPS) is 17.7. The third kappa shape index (κ3) is 2.21. The van der Waals surface area contributed by atoms with Crippen molar-refractivity contribution in [2.75, 3.05) is 26.2 Å². The van der Waals surface area contributed by atoms with Crippen LogP contribution >= 0.6 is 0 Å². The maximum Gasteiger partial charge on any atom is 0.0480 e. The first-order valence-electron chi connectivity index (χ1n) is 6.30. The number of hydrogen-bond acceptors (Lipinski definition) is 2. The van der Waals surface area contributed by atoms with Gasteiger partial charge in [0.05, 0.1) is 0 Å². The molecule has 0 amide bonds. The highest BCUT2D eigenvalue weighted by atomic mass is 15.2. The number of benzene rings is 1. The number of fused-ring (bicyclic) bond motifs is 1. The predicted molar refractivity (Wildman–Crippen MR) is 71.1 cm³/mol. The molecule has 0 unspecified atom stereocenters. The summed E-state index contributed by atoms with van der Waals surface area (Å²) in [5.74, 6) is 0. The van der Waals surface area contributed by atoms with Crippen LogP contribution in [0.1, 0.15) is 5.56 Å². The van der Waals surface area contributed by atoms with Crippen LogP contribution in [0, 0.1) is 0 Å². The molecule has 3 rings (SSSR count). The molecule has 0 aliphatic carbocycles. The smallest absolute Gasteiger partial charge is 0.0480 e. The Morgan fingerprint density at radius 3 is 2.82 bits per heavy atom. The van der Waals surface area contributed by atoms with Gasteiger partial charge in [-0.15, -0.1) is 0 Å². The Morgan fingerprint density at radius 1 is 1.18 bits per heavy atom. The minimum atomic E-state index is 1.07. The predicted octanol–water partition coefficient (Wildman–Crippen LogP) is 1.58. The molecule has 0 saturated carbocycles. The lowest BCUT2D eigenvalue weighted by atomic mass is 10.1. The average Bonchev–Trinajstić information content (AvgIpc) is 2.73. The van der Waals surface area contributed by atoms with Gasteiger partial charge in [-0.1, -0.05) is 12.1 Å². The Hall–Kier alpha value is -1.32. The topological polar surface area (TPSA) is 20.2 Å². The second kappa shape index (κ2) is 4.51. The van der Waals surface area contributed by atoms with E-state index < -0.39 is 0 Å². The Bertz CT molecular complexity index is 509. The summed E-state index contributed by atoms with van der Waals surface area (Å²) >= 11 is 0. The Balaban J connectivity index is 1.82. The molecular weight excluding hydrogens is 210 g/mol. The van der Waals surface area contributed by atoms with Gasteiger partial charge in [-0.2, -0.15) is 0 Å². The van der Waals surface area contributed by atoms with E-state index in [1.54, 1.807) is 0 Å². The first-order chi connectivity index (χ1) is 8.33. The summed E-state index contributed by atoms with van der Waals surface area (Å²) in [5, 5.41) is 4.72. The van der Waals surface area contributed by atoms with Crippen molar-refractivity contribution in [1.29, 1.82) is 0 Å². The Morgan fingerprint density at radius 2 is 2.00 bits per heavy atom. The fourth-order valence-electron chi connectivity index (χ4n) is 2.53. The highest BCUT2D eigenvalue weighted by Gasteiger charge is 2.10. The Kier molecular flexibility index (Phi) is 2.87. The van der Waals surface area contributed by atoms with Crippen molar-refractivity contribution in [3.63, 3.8) is 0 Å². The minimum absolute atomic E-state index is 1.07. The summed E-state index contributed by atoms with van der Waals surface area (Å²) < 4.78 is 2.19. The molecule has 1 saturated heterocycles. The first kappa shape index (κ1) is 10.8. The van der Waals surface area contributed by atoms with Crippen molar-refractivity contribution in [2.45, 2.75) is 6.54 Å². The van der Waals surface area contributed by atoms with Crippen LogP contribution in [0.4, 0.5) is 0 Å². The fourth-order valence-corrected chi connectivity index (χ4v) is 2.53. The maximum atomic E-state index is 3.39. The fraction of sp³-hybridized carbons (Fsp3) is 0.429. The van der Waals surface area contributed by atoms with Crippen LogP contribution in [-0.2, 0) is 13.6 Å². The molecule has 2 aromatic rings. The standard InChI is InChI=1S/C14H19N3/c1-16-7-4-13-3-2-12(10-14(13)16)11-17-8-5-15-6-9-17/h2-4,7,10,15H,5-6,8-9,11H2,1H3. The zero-order valence-corrected chi connectivity index (χ0v) is 10.3.